The van der Waals surface area contributed by atoms with Crippen molar-refractivity contribution >= 4 is 0 Å². The Morgan fingerprint density at radius 1 is 0.524 bits per heavy atom. The molecule has 1 atom stereocenters. The highest BCUT2D eigenvalue weighted by Gasteiger charge is 2.48. The molecule has 2 N–H and O–H groups in total. The first-order chi connectivity index (χ1) is 20.6. The Bertz CT molecular complexity index is 1910. The van der Waals surface area contributed by atoms with Gasteiger partial charge in [0.15, 0.2) is 23.0 Å². The maximum absolute atomic E-state index is 6.91. The molecular formula is C39H29NO2. The molecule has 0 spiro atoms. The zero-order valence-corrected chi connectivity index (χ0v) is 23.3. The van der Waals surface area contributed by atoms with Crippen molar-refractivity contribution in [3.05, 3.63) is 179 Å². The van der Waals surface area contributed by atoms with Gasteiger partial charge in [0.05, 0.1) is 11.0 Å². The lowest BCUT2D eigenvalue weighted by atomic mass is 9.68. The minimum absolute atomic E-state index is 0.502. The van der Waals surface area contributed by atoms with Crippen molar-refractivity contribution in [1.29, 1.82) is 0 Å². The Morgan fingerprint density at radius 2 is 1.12 bits per heavy atom. The minimum Gasteiger partial charge on any atom is -0.449 e. The molecule has 0 saturated heterocycles. The summed E-state index contributed by atoms with van der Waals surface area (Å²) >= 11 is 0. The van der Waals surface area contributed by atoms with Crippen molar-refractivity contribution in [3.8, 4) is 34.1 Å². The standard InChI is InChI=1S/C39H29NO2/c1-38(40,26-13-5-2-6-14-26)29-21-23-33-35(25-29)42-37-34(41-33)24-22-32-36(37)30-19-11-12-20-31(30)39(32,27-15-7-3-8-16-27)28-17-9-4-10-18-28/h2-25H,40H2,1H3. The first-order valence-electron chi connectivity index (χ1n) is 14.3. The summed E-state index contributed by atoms with van der Waals surface area (Å²) in [5.74, 6) is 2.78. The first-order valence-corrected chi connectivity index (χ1v) is 14.3. The lowest BCUT2D eigenvalue weighted by molar-refractivity contribution is 0.359. The van der Waals surface area contributed by atoms with Gasteiger partial charge in [-0.1, -0.05) is 127 Å². The molecule has 202 valence electrons. The summed E-state index contributed by atoms with van der Waals surface area (Å²) in [6.45, 7) is 2.03. The van der Waals surface area contributed by atoms with Gasteiger partial charge in [-0.05, 0) is 64.1 Å². The van der Waals surface area contributed by atoms with Crippen LogP contribution in [0.5, 0.6) is 23.0 Å². The van der Waals surface area contributed by atoms with E-state index in [0.29, 0.717) is 17.2 Å². The number of benzene rings is 6. The SMILES string of the molecule is CC(N)(c1ccccc1)c1ccc2c(c1)Oc1c(ccc3c1-c1ccccc1C3(c1ccccc1)c1ccccc1)O2. The highest BCUT2D eigenvalue weighted by molar-refractivity contribution is 5.91. The Labute approximate surface area is 245 Å². The number of hydrogen-bond acceptors (Lipinski definition) is 3. The van der Waals surface area contributed by atoms with E-state index in [1.807, 2.05) is 43.3 Å². The van der Waals surface area contributed by atoms with Crippen LogP contribution in [0.1, 0.15) is 40.3 Å². The zero-order chi connectivity index (χ0) is 28.3. The molecule has 0 bridgehead atoms. The first kappa shape index (κ1) is 24.7. The summed E-state index contributed by atoms with van der Waals surface area (Å²) in [5, 5.41) is 0. The van der Waals surface area contributed by atoms with Crippen LogP contribution in [0.15, 0.2) is 146 Å². The molecule has 8 rings (SSSR count). The van der Waals surface area contributed by atoms with Crippen molar-refractivity contribution < 1.29 is 9.47 Å². The van der Waals surface area contributed by atoms with Gasteiger partial charge in [0.1, 0.15) is 0 Å². The smallest absolute Gasteiger partial charge is 0.178 e. The van der Waals surface area contributed by atoms with Gasteiger partial charge in [-0.15, -0.1) is 0 Å². The molecule has 1 aliphatic carbocycles. The van der Waals surface area contributed by atoms with Crippen molar-refractivity contribution in [3.63, 3.8) is 0 Å². The fourth-order valence-electron chi connectivity index (χ4n) is 6.84. The fourth-order valence-corrected chi connectivity index (χ4v) is 6.84. The third kappa shape index (κ3) is 3.44. The average molecular weight is 544 g/mol. The van der Waals surface area contributed by atoms with Gasteiger partial charge < -0.3 is 15.2 Å². The van der Waals surface area contributed by atoms with Crippen LogP contribution in [-0.4, -0.2) is 0 Å². The molecule has 0 radical (unpaired) electrons. The second-order valence-corrected chi connectivity index (χ2v) is 11.3. The van der Waals surface area contributed by atoms with Crippen LogP contribution in [0, 0.1) is 0 Å². The molecule has 6 aromatic carbocycles. The Kier molecular flexibility index (Phi) is 5.40. The number of rotatable bonds is 4. The molecular weight excluding hydrogens is 514 g/mol. The Morgan fingerprint density at radius 3 is 1.81 bits per heavy atom. The largest absolute Gasteiger partial charge is 0.449 e. The highest BCUT2D eigenvalue weighted by Crippen LogP contribution is 2.62. The molecule has 0 aromatic heterocycles. The van der Waals surface area contributed by atoms with Gasteiger partial charge in [0.2, 0.25) is 0 Å². The highest BCUT2D eigenvalue weighted by atomic mass is 16.6. The predicted octanol–water partition coefficient (Wildman–Crippen LogP) is 9.17. The summed E-state index contributed by atoms with van der Waals surface area (Å²) in [6.07, 6.45) is 0. The van der Waals surface area contributed by atoms with Gasteiger partial charge in [-0.3, -0.25) is 0 Å². The summed E-state index contributed by atoms with van der Waals surface area (Å²) in [6, 6.07) is 50.6. The van der Waals surface area contributed by atoms with Crippen LogP contribution in [0.3, 0.4) is 0 Å². The Balaban J connectivity index is 1.34. The van der Waals surface area contributed by atoms with E-state index in [2.05, 4.69) is 109 Å². The Hall–Kier alpha value is -5.12. The summed E-state index contributed by atoms with van der Waals surface area (Å²) in [4.78, 5) is 0. The zero-order valence-electron chi connectivity index (χ0n) is 23.3. The van der Waals surface area contributed by atoms with Crippen LogP contribution in [0.25, 0.3) is 11.1 Å². The van der Waals surface area contributed by atoms with E-state index in [-0.39, 0.29) is 0 Å². The maximum Gasteiger partial charge on any atom is 0.178 e. The number of hydrogen-bond donors (Lipinski definition) is 1. The molecule has 1 aliphatic heterocycles. The minimum atomic E-state index is -0.694. The van der Waals surface area contributed by atoms with E-state index in [9.17, 15) is 0 Å². The topological polar surface area (TPSA) is 44.5 Å². The maximum atomic E-state index is 6.91. The molecule has 6 aromatic rings. The van der Waals surface area contributed by atoms with E-state index in [4.69, 9.17) is 15.2 Å². The summed E-state index contributed by atoms with van der Waals surface area (Å²) < 4.78 is 13.3. The molecule has 0 fully saturated rings. The predicted molar refractivity (Wildman–Crippen MR) is 167 cm³/mol. The lowest BCUT2D eigenvalue weighted by Gasteiger charge is -2.34. The van der Waals surface area contributed by atoms with Gasteiger partial charge in [-0.25, -0.2) is 0 Å². The van der Waals surface area contributed by atoms with Crippen molar-refractivity contribution in [2.24, 2.45) is 5.73 Å². The van der Waals surface area contributed by atoms with Crippen LogP contribution in [-0.2, 0) is 11.0 Å². The molecule has 42 heavy (non-hydrogen) atoms. The van der Waals surface area contributed by atoms with Gasteiger partial charge in [0, 0.05) is 5.56 Å². The van der Waals surface area contributed by atoms with Crippen molar-refractivity contribution in [2.75, 3.05) is 0 Å². The van der Waals surface area contributed by atoms with Gasteiger partial charge in [0.25, 0.3) is 0 Å². The third-order valence-corrected chi connectivity index (χ3v) is 8.89. The molecule has 1 heterocycles. The third-order valence-electron chi connectivity index (χ3n) is 8.89. The second-order valence-electron chi connectivity index (χ2n) is 11.3. The van der Waals surface area contributed by atoms with E-state index < -0.39 is 11.0 Å². The molecule has 0 saturated carbocycles. The van der Waals surface area contributed by atoms with Crippen LogP contribution >= 0.6 is 0 Å². The van der Waals surface area contributed by atoms with Crippen LogP contribution in [0.2, 0.25) is 0 Å². The monoisotopic (exact) mass is 543 g/mol. The molecule has 2 aliphatic rings. The normalized spacial score (nSPS) is 15.2. The lowest BCUT2D eigenvalue weighted by Crippen LogP contribution is -2.34. The van der Waals surface area contributed by atoms with Gasteiger partial charge >= 0.3 is 0 Å². The quantitative estimate of drug-likeness (QED) is 0.241. The molecule has 3 heteroatoms. The van der Waals surface area contributed by atoms with E-state index in [0.717, 1.165) is 28.0 Å². The second kappa shape index (κ2) is 9.20. The average Bonchev–Trinajstić information content (AvgIpc) is 3.36. The molecule has 1 unspecified atom stereocenters. The van der Waals surface area contributed by atoms with E-state index in [1.54, 1.807) is 0 Å². The number of nitrogens with two attached hydrogens (primary N) is 1. The summed E-state index contributed by atoms with van der Waals surface area (Å²) in [7, 11) is 0. The summed E-state index contributed by atoms with van der Waals surface area (Å²) in [5.41, 5.74) is 14.7. The van der Waals surface area contributed by atoms with E-state index in [1.165, 1.54) is 22.3 Å². The van der Waals surface area contributed by atoms with Gasteiger partial charge in [-0.2, -0.15) is 0 Å². The van der Waals surface area contributed by atoms with Crippen molar-refractivity contribution in [2.45, 2.75) is 17.9 Å². The number of fused-ring (bicyclic) bond motifs is 6. The van der Waals surface area contributed by atoms with Crippen LogP contribution < -0.4 is 15.2 Å². The number of ether oxygens (including phenoxy) is 2. The van der Waals surface area contributed by atoms with Crippen molar-refractivity contribution in [1.82, 2.24) is 0 Å². The molecule has 3 nitrogen and oxygen atoms in total. The fraction of sp³-hybridized carbons (Fsp3) is 0.0769. The molecule has 0 amide bonds. The van der Waals surface area contributed by atoms with E-state index >= 15 is 0 Å². The van der Waals surface area contributed by atoms with Crippen LogP contribution in [0.4, 0.5) is 0 Å².